The lowest BCUT2D eigenvalue weighted by Gasteiger charge is -2.13. The Morgan fingerprint density at radius 1 is 1.17 bits per heavy atom. The zero-order valence-corrected chi connectivity index (χ0v) is 13.3. The van der Waals surface area contributed by atoms with Crippen molar-refractivity contribution in [3.05, 3.63) is 57.7 Å². The molecule has 6 heteroatoms. The molecule has 0 aromatic heterocycles. The van der Waals surface area contributed by atoms with Crippen LogP contribution in [0, 0.1) is 0 Å². The minimum Gasteiger partial charge on any atom is -0.452 e. The summed E-state index contributed by atoms with van der Waals surface area (Å²) in [4.78, 5) is 27.5. The fourth-order valence-corrected chi connectivity index (χ4v) is 2.95. The lowest BCUT2D eigenvalue weighted by molar-refractivity contribution is -0.131. The third-order valence-electron chi connectivity index (χ3n) is 3.66. The number of ether oxygens (including phenoxy) is 1. The van der Waals surface area contributed by atoms with Crippen LogP contribution in [0.1, 0.15) is 6.92 Å². The standard InChI is InChI=1S/C18H10ClNO4/c1-9(21)23-17-11-4-2-3-5-12(11)18-16(15(17)19)20-13-7-6-10(22)8-14(13)24-18/h2-8H,1H3. The van der Waals surface area contributed by atoms with Crippen LogP contribution in [-0.2, 0) is 4.79 Å². The van der Waals surface area contributed by atoms with E-state index >= 15 is 0 Å². The lowest BCUT2D eigenvalue weighted by atomic mass is 10.1. The average molecular weight is 340 g/mol. The van der Waals surface area contributed by atoms with Gasteiger partial charge in [-0.05, 0) is 12.1 Å². The normalized spacial score (nSPS) is 11.2. The Kier molecular flexibility index (Phi) is 3.25. The van der Waals surface area contributed by atoms with Crippen molar-refractivity contribution in [2.45, 2.75) is 6.92 Å². The van der Waals surface area contributed by atoms with Crippen LogP contribution in [-0.4, -0.2) is 11.0 Å². The van der Waals surface area contributed by atoms with E-state index in [4.69, 9.17) is 20.8 Å². The fraction of sp³-hybridized carbons (Fsp3) is 0.0556. The van der Waals surface area contributed by atoms with Crippen molar-refractivity contribution in [2.24, 2.45) is 0 Å². The first kappa shape index (κ1) is 14.7. The minimum atomic E-state index is -0.477. The molecule has 5 nitrogen and oxygen atoms in total. The zero-order valence-electron chi connectivity index (χ0n) is 12.5. The van der Waals surface area contributed by atoms with Gasteiger partial charge in [0.15, 0.2) is 22.5 Å². The van der Waals surface area contributed by atoms with E-state index in [9.17, 15) is 9.59 Å². The highest BCUT2D eigenvalue weighted by molar-refractivity contribution is 6.39. The van der Waals surface area contributed by atoms with Gasteiger partial charge < -0.3 is 9.15 Å². The first-order valence-electron chi connectivity index (χ1n) is 7.18. The van der Waals surface area contributed by atoms with Crippen molar-refractivity contribution in [1.82, 2.24) is 4.98 Å². The predicted molar refractivity (Wildman–Crippen MR) is 90.7 cm³/mol. The van der Waals surface area contributed by atoms with Gasteiger partial charge >= 0.3 is 5.97 Å². The van der Waals surface area contributed by atoms with Crippen molar-refractivity contribution in [2.75, 3.05) is 0 Å². The van der Waals surface area contributed by atoms with Crippen LogP contribution >= 0.6 is 11.6 Å². The maximum absolute atomic E-state index is 11.6. The van der Waals surface area contributed by atoms with Gasteiger partial charge in [0, 0.05) is 23.8 Å². The van der Waals surface area contributed by atoms with E-state index in [-0.39, 0.29) is 16.2 Å². The first-order chi connectivity index (χ1) is 11.5. The van der Waals surface area contributed by atoms with Gasteiger partial charge in [-0.2, -0.15) is 0 Å². The molecule has 0 N–H and O–H groups in total. The second kappa shape index (κ2) is 5.32. The molecule has 2 aliphatic rings. The molecule has 1 aliphatic heterocycles. The van der Waals surface area contributed by atoms with Crippen LogP contribution in [0.15, 0.2) is 51.7 Å². The summed E-state index contributed by atoms with van der Waals surface area (Å²) in [5.41, 5.74) is 1.13. The van der Waals surface area contributed by atoms with Crippen LogP contribution in [0.5, 0.6) is 5.75 Å². The number of carbonyl (C=O) groups is 1. The zero-order chi connectivity index (χ0) is 16.8. The van der Waals surface area contributed by atoms with Crippen LogP contribution < -0.4 is 10.2 Å². The van der Waals surface area contributed by atoms with Gasteiger partial charge in [0.1, 0.15) is 16.2 Å². The van der Waals surface area contributed by atoms with E-state index < -0.39 is 5.97 Å². The van der Waals surface area contributed by atoms with E-state index in [1.807, 2.05) is 18.2 Å². The molecule has 1 heterocycles. The monoisotopic (exact) mass is 339 g/mol. The van der Waals surface area contributed by atoms with Crippen molar-refractivity contribution in [1.29, 1.82) is 0 Å². The molecule has 0 bridgehead atoms. The summed E-state index contributed by atoms with van der Waals surface area (Å²) in [6.07, 6.45) is 0. The number of hydrogen-bond acceptors (Lipinski definition) is 5. The summed E-state index contributed by atoms with van der Waals surface area (Å²) >= 11 is 6.43. The summed E-state index contributed by atoms with van der Waals surface area (Å²) in [6, 6.07) is 11.6. The molecule has 2 aromatic carbocycles. The molecule has 0 atom stereocenters. The van der Waals surface area contributed by atoms with E-state index in [2.05, 4.69) is 4.98 Å². The van der Waals surface area contributed by atoms with E-state index in [0.717, 1.165) is 0 Å². The first-order valence-corrected chi connectivity index (χ1v) is 7.55. The molecule has 0 amide bonds. The molecule has 0 radical (unpaired) electrons. The number of benzene rings is 3. The fourth-order valence-electron chi connectivity index (χ4n) is 2.68. The molecule has 4 rings (SSSR count). The van der Waals surface area contributed by atoms with Crippen molar-refractivity contribution in [3.8, 4) is 17.2 Å². The number of fused-ring (bicyclic) bond motifs is 4. The third kappa shape index (κ3) is 2.21. The maximum Gasteiger partial charge on any atom is 0.308 e. The molecule has 24 heavy (non-hydrogen) atoms. The molecule has 0 spiro atoms. The van der Waals surface area contributed by atoms with Crippen molar-refractivity contribution >= 4 is 39.4 Å². The van der Waals surface area contributed by atoms with Crippen molar-refractivity contribution < 1.29 is 13.9 Å². The summed E-state index contributed by atoms with van der Waals surface area (Å²) < 4.78 is 11.2. The highest BCUT2D eigenvalue weighted by atomic mass is 35.5. The molecule has 0 saturated heterocycles. The molecule has 0 saturated carbocycles. The Bertz CT molecular complexity index is 1150. The van der Waals surface area contributed by atoms with Crippen LogP contribution in [0.4, 0.5) is 0 Å². The number of hydrogen-bond donors (Lipinski definition) is 0. The van der Waals surface area contributed by atoms with Gasteiger partial charge in [-0.25, -0.2) is 4.98 Å². The Hall–Kier alpha value is -2.92. The number of carbonyl (C=O) groups excluding carboxylic acids is 1. The number of halogens is 1. The summed E-state index contributed by atoms with van der Waals surface area (Å²) in [5, 5.41) is 1.52. The topological polar surface area (TPSA) is 69.4 Å². The summed E-state index contributed by atoms with van der Waals surface area (Å²) in [5.74, 6) is 0.140. The van der Waals surface area contributed by atoms with E-state index in [1.54, 1.807) is 12.1 Å². The van der Waals surface area contributed by atoms with Crippen LogP contribution in [0.3, 0.4) is 0 Å². The molecule has 2 aromatic rings. The number of rotatable bonds is 1. The van der Waals surface area contributed by atoms with Gasteiger partial charge in [0.25, 0.3) is 0 Å². The van der Waals surface area contributed by atoms with E-state index in [0.29, 0.717) is 33.3 Å². The number of nitrogens with zero attached hydrogens (tertiary/aromatic N) is 1. The Morgan fingerprint density at radius 3 is 2.67 bits per heavy atom. The summed E-state index contributed by atoms with van der Waals surface area (Å²) in [6.45, 7) is 1.31. The summed E-state index contributed by atoms with van der Waals surface area (Å²) in [7, 11) is 0. The second-order valence-electron chi connectivity index (χ2n) is 5.30. The smallest absolute Gasteiger partial charge is 0.308 e. The highest BCUT2D eigenvalue weighted by Crippen LogP contribution is 2.42. The molecular formula is C18H10ClNO4. The Balaban J connectivity index is 2.22. The van der Waals surface area contributed by atoms with Crippen LogP contribution in [0.25, 0.3) is 33.3 Å². The molecular weight excluding hydrogens is 330 g/mol. The second-order valence-corrected chi connectivity index (χ2v) is 5.68. The molecule has 1 aliphatic carbocycles. The van der Waals surface area contributed by atoms with Gasteiger partial charge in [0.05, 0.1) is 0 Å². The Morgan fingerprint density at radius 2 is 1.92 bits per heavy atom. The van der Waals surface area contributed by atoms with Gasteiger partial charge in [-0.15, -0.1) is 0 Å². The SMILES string of the molecule is CC(=O)Oc1c(Cl)c2nc3ccc(=O)cc-3oc2c2ccccc12. The van der Waals surface area contributed by atoms with Crippen molar-refractivity contribution in [3.63, 3.8) is 0 Å². The molecule has 0 fully saturated rings. The van der Waals surface area contributed by atoms with Gasteiger partial charge in [0.2, 0.25) is 0 Å². The average Bonchev–Trinajstić information content (AvgIpc) is 2.57. The van der Waals surface area contributed by atoms with Gasteiger partial charge in [-0.1, -0.05) is 35.9 Å². The lowest BCUT2D eigenvalue weighted by Crippen LogP contribution is -2.04. The highest BCUT2D eigenvalue weighted by Gasteiger charge is 2.20. The predicted octanol–water partition coefficient (Wildman–Crippen LogP) is 4.02. The maximum atomic E-state index is 11.6. The number of esters is 1. The minimum absolute atomic E-state index is 0.167. The quantitative estimate of drug-likeness (QED) is 0.227. The van der Waals surface area contributed by atoms with E-state index in [1.165, 1.54) is 19.1 Å². The third-order valence-corrected chi connectivity index (χ3v) is 4.01. The largest absolute Gasteiger partial charge is 0.452 e. The number of aromatic nitrogens is 1. The van der Waals surface area contributed by atoms with Crippen LogP contribution in [0.2, 0.25) is 5.02 Å². The Labute approximate surface area is 140 Å². The van der Waals surface area contributed by atoms with Gasteiger partial charge in [-0.3, -0.25) is 9.59 Å². The molecule has 118 valence electrons. The molecule has 0 unspecified atom stereocenters.